The molecule has 3 aliphatic carbocycles. The molecule has 3 heterocycles. The van der Waals surface area contributed by atoms with Crippen LogP contribution in [0.15, 0.2) is 30.6 Å². The van der Waals surface area contributed by atoms with E-state index in [9.17, 15) is 23.5 Å². The van der Waals surface area contributed by atoms with Crippen LogP contribution in [0.4, 0.5) is 17.6 Å². The number of carbonyl (C=O) groups is 2. The SMILES string of the molecule is COC[C@@H](C)n1cc(-c2ncc(C(=O)NC3(C(=O)O)C(C)CC4CC(C)CC3C4)c(C(C)(F)F)n2)c2ccc(O[C@H]3CC[C@H](N4CC(F)(F)C4)CC3)cc21. The Morgan fingerprint density at radius 1 is 1.09 bits per heavy atom. The third-order valence-electron chi connectivity index (χ3n) is 12.5. The van der Waals surface area contributed by atoms with Crippen molar-refractivity contribution in [1.29, 1.82) is 0 Å². The molecule has 4 aliphatic rings. The number of halogens is 4. The molecular formula is C40H51F4N5O5. The Labute approximate surface area is 313 Å². The van der Waals surface area contributed by atoms with Gasteiger partial charge in [0.1, 0.15) is 17.0 Å². The summed E-state index contributed by atoms with van der Waals surface area (Å²) < 4.78 is 71.5. The van der Waals surface area contributed by atoms with Crippen molar-refractivity contribution >= 4 is 22.8 Å². The number of nitrogens with zero attached hydrogens (tertiary/aromatic N) is 4. The first-order valence-electron chi connectivity index (χ1n) is 19.2. The summed E-state index contributed by atoms with van der Waals surface area (Å²) in [5, 5.41) is 14.0. The Morgan fingerprint density at radius 3 is 2.46 bits per heavy atom. The molecule has 7 rings (SSSR count). The number of benzene rings is 1. The van der Waals surface area contributed by atoms with Crippen molar-refractivity contribution in [3.05, 3.63) is 41.9 Å². The van der Waals surface area contributed by atoms with Crippen molar-refractivity contribution in [2.24, 2.45) is 23.7 Å². The van der Waals surface area contributed by atoms with Gasteiger partial charge in [-0.15, -0.1) is 0 Å². The molecule has 10 nitrogen and oxygen atoms in total. The van der Waals surface area contributed by atoms with E-state index in [2.05, 4.69) is 22.2 Å². The van der Waals surface area contributed by atoms with E-state index < -0.39 is 46.4 Å². The number of aromatic nitrogens is 3. The molecule has 3 saturated carbocycles. The van der Waals surface area contributed by atoms with Gasteiger partial charge in [0.15, 0.2) is 5.82 Å². The number of methoxy groups -OCH3 is 1. The van der Waals surface area contributed by atoms with Gasteiger partial charge in [-0.25, -0.2) is 23.5 Å². The fraction of sp³-hybridized carbons (Fsp3) is 0.650. The fourth-order valence-corrected chi connectivity index (χ4v) is 10.0. The molecule has 1 amide bonds. The first-order valence-corrected chi connectivity index (χ1v) is 19.2. The minimum Gasteiger partial charge on any atom is -0.490 e. The van der Waals surface area contributed by atoms with Crippen LogP contribution in [0.3, 0.4) is 0 Å². The summed E-state index contributed by atoms with van der Waals surface area (Å²) >= 11 is 0. The summed E-state index contributed by atoms with van der Waals surface area (Å²) in [6.07, 6.45) is 8.75. The highest BCUT2D eigenvalue weighted by Gasteiger charge is 2.57. The number of aliphatic carboxylic acids is 1. The molecule has 4 fully saturated rings. The highest BCUT2D eigenvalue weighted by Crippen LogP contribution is 2.50. The molecule has 6 atom stereocenters. The molecule has 0 spiro atoms. The number of carboxylic acids is 1. The van der Waals surface area contributed by atoms with Gasteiger partial charge in [0.05, 0.1) is 42.9 Å². The molecule has 1 aromatic carbocycles. The Bertz CT molecular complexity index is 1880. The standard InChI is InChI=1S/C40H51F4N5O5/c1-22-12-25-14-23(2)40(37(51)52,26(13-22)15-25)47-36(50)31-17-45-35(46-34(31)38(4,41)42)32-18-49(24(3)19-53-5)33-16-29(10-11-30(32)33)54-28-8-6-27(7-9-28)48-20-39(43,44)21-48/h10-11,16-18,22-28H,6-9,12-15,19-21H2,1-5H3,(H,47,50)(H,51,52)/t22?,23?,24-,25?,26?,27-,28-,40?/m1/s1. The Morgan fingerprint density at radius 2 is 1.81 bits per heavy atom. The second kappa shape index (κ2) is 14.4. The van der Waals surface area contributed by atoms with Crippen molar-refractivity contribution in [1.82, 2.24) is 24.8 Å². The summed E-state index contributed by atoms with van der Waals surface area (Å²) in [6, 6.07) is 5.49. The summed E-state index contributed by atoms with van der Waals surface area (Å²) in [5.41, 5.74) is -1.64. The highest BCUT2D eigenvalue weighted by atomic mass is 19.3. The van der Waals surface area contributed by atoms with Gasteiger partial charge in [-0.1, -0.05) is 13.8 Å². The molecule has 1 aliphatic heterocycles. The van der Waals surface area contributed by atoms with Crippen LogP contribution in [0.25, 0.3) is 22.3 Å². The van der Waals surface area contributed by atoms with Crippen LogP contribution in [-0.2, 0) is 15.5 Å². The van der Waals surface area contributed by atoms with Crippen molar-refractivity contribution in [2.75, 3.05) is 26.8 Å². The number of carboxylic acid groups (broad SMARTS) is 1. The number of fused-ring (bicyclic) bond motifs is 3. The molecule has 2 bridgehead atoms. The second-order valence-electron chi connectivity index (χ2n) is 16.7. The average Bonchev–Trinajstić information content (AvgIpc) is 3.47. The number of carbonyl (C=O) groups excluding carboxylic acids is 1. The van der Waals surface area contributed by atoms with Crippen molar-refractivity contribution in [3.63, 3.8) is 0 Å². The fourth-order valence-electron chi connectivity index (χ4n) is 10.0. The number of rotatable bonds is 11. The number of nitrogens with one attached hydrogen (secondary N) is 1. The zero-order valence-electron chi connectivity index (χ0n) is 31.6. The lowest BCUT2D eigenvalue weighted by atomic mass is 9.56. The third-order valence-corrected chi connectivity index (χ3v) is 12.5. The Hall–Kier alpha value is -3.78. The number of ether oxygens (including phenoxy) is 2. The van der Waals surface area contributed by atoms with E-state index in [0.717, 1.165) is 43.8 Å². The predicted octanol–water partition coefficient (Wildman–Crippen LogP) is 7.70. The summed E-state index contributed by atoms with van der Waals surface area (Å²) in [4.78, 5) is 37.5. The topological polar surface area (TPSA) is 119 Å². The minimum atomic E-state index is -3.55. The van der Waals surface area contributed by atoms with Gasteiger partial charge in [-0.3, -0.25) is 9.69 Å². The van der Waals surface area contributed by atoms with Gasteiger partial charge in [0.2, 0.25) is 0 Å². The van der Waals surface area contributed by atoms with Crippen LogP contribution in [-0.4, -0.2) is 86.8 Å². The Kier molecular flexibility index (Phi) is 10.2. The molecule has 0 radical (unpaired) electrons. The van der Waals surface area contributed by atoms with E-state index in [1.807, 2.05) is 41.5 Å². The molecule has 5 unspecified atom stereocenters. The normalized spacial score (nSPS) is 30.4. The summed E-state index contributed by atoms with van der Waals surface area (Å²) in [5.74, 6) is -7.69. The molecule has 2 aromatic heterocycles. The molecule has 14 heteroatoms. The molecule has 54 heavy (non-hydrogen) atoms. The van der Waals surface area contributed by atoms with Crippen LogP contribution < -0.4 is 10.1 Å². The monoisotopic (exact) mass is 757 g/mol. The maximum Gasteiger partial charge on any atom is 0.329 e. The van der Waals surface area contributed by atoms with E-state index in [1.165, 1.54) is 0 Å². The zero-order chi connectivity index (χ0) is 38.7. The molecule has 3 aromatic rings. The van der Waals surface area contributed by atoms with E-state index in [0.29, 0.717) is 61.3 Å². The first kappa shape index (κ1) is 38.5. The molecular weight excluding hydrogens is 706 g/mol. The number of amides is 1. The van der Waals surface area contributed by atoms with Crippen LogP contribution in [0.2, 0.25) is 0 Å². The average molecular weight is 758 g/mol. The number of alkyl halides is 4. The lowest BCUT2D eigenvalue weighted by molar-refractivity contribution is -0.155. The van der Waals surface area contributed by atoms with Crippen molar-refractivity contribution < 1.29 is 41.7 Å². The van der Waals surface area contributed by atoms with Crippen molar-refractivity contribution in [3.8, 4) is 17.1 Å². The molecule has 1 saturated heterocycles. The lowest BCUT2D eigenvalue weighted by Gasteiger charge is -2.52. The first-order chi connectivity index (χ1) is 25.5. The number of hydrogen-bond acceptors (Lipinski definition) is 7. The molecule has 2 N–H and O–H groups in total. The van der Waals surface area contributed by atoms with Gasteiger partial charge >= 0.3 is 5.97 Å². The smallest absolute Gasteiger partial charge is 0.329 e. The van der Waals surface area contributed by atoms with Gasteiger partial charge in [-0.05, 0) is 94.1 Å². The van der Waals surface area contributed by atoms with E-state index in [1.54, 1.807) is 13.3 Å². The lowest BCUT2D eigenvalue weighted by Crippen LogP contribution is -2.66. The van der Waals surface area contributed by atoms with Crippen LogP contribution in [0, 0.1) is 23.7 Å². The summed E-state index contributed by atoms with van der Waals surface area (Å²) in [6.45, 7) is 6.53. The van der Waals surface area contributed by atoms with Crippen LogP contribution in [0.1, 0.15) is 101 Å². The Balaban J connectivity index is 1.17. The van der Waals surface area contributed by atoms with Gasteiger partial charge in [0.25, 0.3) is 17.8 Å². The minimum absolute atomic E-state index is 0.0112. The van der Waals surface area contributed by atoms with Gasteiger partial charge in [0, 0.05) is 49.5 Å². The highest BCUT2D eigenvalue weighted by molar-refractivity contribution is 6.00. The maximum absolute atomic E-state index is 15.4. The quantitative estimate of drug-likeness (QED) is 0.191. The number of hydrogen-bond donors (Lipinski definition) is 2. The van der Waals surface area contributed by atoms with Gasteiger partial charge < -0.3 is 24.5 Å². The summed E-state index contributed by atoms with van der Waals surface area (Å²) in [7, 11) is 1.59. The maximum atomic E-state index is 15.4. The third kappa shape index (κ3) is 7.20. The zero-order valence-corrected chi connectivity index (χ0v) is 31.6. The van der Waals surface area contributed by atoms with Crippen molar-refractivity contribution in [2.45, 2.75) is 115 Å². The second-order valence-corrected chi connectivity index (χ2v) is 16.7. The van der Waals surface area contributed by atoms with E-state index in [-0.39, 0.29) is 43.0 Å². The van der Waals surface area contributed by atoms with Crippen LogP contribution >= 0.6 is 0 Å². The van der Waals surface area contributed by atoms with E-state index >= 15 is 8.78 Å². The number of likely N-dealkylation sites (tertiary alicyclic amines) is 1. The van der Waals surface area contributed by atoms with Crippen LogP contribution in [0.5, 0.6) is 5.75 Å². The largest absolute Gasteiger partial charge is 0.490 e. The van der Waals surface area contributed by atoms with E-state index in [4.69, 9.17) is 9.47 Å². The van der Waals surface area contributed by atoms with Gasteiger partial charge in [-0.2, -0.15) is 8.78 Å². The predicted molar refractivity (Wildman–Crippen MR) is 194 cm³/mol. The molecule has 294 valence electrons.